The number of fused-ring (bicyclic) bond motifs is 1. The van der Waals surface area contributed by atoms with Gasteiger partial charge in [0, 0.05) is 24.8 Å². The molecule has 0 bridgehead atoms. The topological polar surface area (TPSA) is 141 Å². The van der Waals surface area contributed by atoms with E-state index in [2.05, 4.69) is 88.7 Å². The maximum atomic E-state index is 13.4. The first-order chi connectivity index (χ1) is 32.0. The van der Waals surface area contributed by atoms with Crippen LogP contribution in [0.2, 0.25) is 18.1 Å². The molecule has 1 amide bonds. The number of ether oxygens (including phenoxy) is 4. The van der Waals surface area contributed by atoms with Crippen molar-refractivity contribution in [3.8, 4) is 11.5 Å². The standard InChI is InChI=1S/C51H65N6O8PSi/c1-34(2)57(35(3)4)66(61-10)64-44-42(31-62-51(37-21-17-14-18-22-37,38-23-27-40(59-8)28-24-38)39-25-29-41(60-9)30-26-39)63-49(45(44)65-67(11,12)50(5,6)7)56-33-54-43-46(52-32-53-47(43)56)55-48(58)36-19-15-13-16-20-36/h13-30,32-35,42,44-45,49H,31H2,1-12H3,(H,52,53,55,58)/t42-,44-,45-,49-,66?/m1/s1. The molecule has 1 N–H and O–H groups in total. The number of anilines is 1. The first-order valence-electron chi connectivity index (χ1n) is 22.7. The zero-order chi connectivity index (χ0) is 48.1. The number of nitrogens with zero attached hydrogens (tertiary/aromatic N) is 5. The van der Waals surface area contributed by atoms with E-state index in [1.165, 1.54) is 6.33 Å². The fraction of sp³-hybridized carbons (Fsp3) is 0.412. The van der Waals surface area contributed by atoms with Crippen LogP contribution in [0.3, 0.4) is 0 Å². The van der Waals surface area contributed by atoms with Crippen LogP contribution in [0, 0.1) is 0 Å². The highest BCUT2D eigenvalue weighted by Crippen LogP contribution is 2.52. The fourth-order valence-electron chi connectivity index (χ4n) is 8.29. The highest BCUT2D eigenvalue weighted by atomic mass is 31.2. The van der Waals surface area contributed by atoms with Gasteiger partial charge in [-0.1, -0.05) is 93.6 Å². The van der Waals surface area contributed by atoms with Crippen LogP contribution >= 0.6 is 8.53 Å². The minimum atomic E-state index is -2.60. The lowest BCUT2D eigenvalue weighted by Crippen LogP contribution is -2.50. The van der Waals surface area contributed by atoms with Crippen molar-refractivity contribution >= 4 is 39.7 Å². The molecule has 6 aromatic rings. The first kappa shape index (κ1) is 49.8. The zero-order valence-corrected chi connectivity index (χ0v) is 42.6. The minimum absolute atomic E-state index is 0.0434. The SMILES string of the molecule is COc1ccc(C(OC[C@H]2O[C@@H](n3cnc4c(NC(=O)c5ccccc5)ncnc43)[C@H](O[Si](C)(C)C(C)(C)C)[C@@H]2OP(OC)N(C(C)C)C(C)C)(c2ccccc2)c2ccc(OC)cc2)cc1. The van der Waals surface area contributed by atoms with Crippen LogP contribution in [-0.4, -0.2) is 96.7 Å². The van der Waals surface area contributed by atoms with Crippen molar-refractivity contribution in [1.82, 2.24) is 24.2 Å². The molecule has 4 aromatic carbocycles. The monoisotopic (exact) mass is 948 g/mol. The Hall–Kier alpha value is -5.09. The lowest BCUT2D eigenvalue weighted by molar-refractivity contribution is -0.0925. The van der Waals surface area contributed by atoms with Gasteiger partial charge in [-0.3, -0.25) is 9.36 Å². The summed E-state index contributed by atoms with van der Waals surface area (Å²) in [5.74, 6) is 1.38. The third-order valence-electron chi connectivity index (χ3n) is 12.7. The van der Waals surface area contributed by atoms with Crippen molar-refractivity contribution in [2.24, 2.45) is 0 Å². The third kappa shape index (κ3) is 10.5. The maximum absolute atomic E-state index is 13.4. The summed E-state index contributed by atoms with van der Waals surface area (Å²) < 4.78 is 51.4. The summed E-state index contributed by atoms with van der Waals surface area (Å²) >= 11 is 0. The van der Waals surface area contributed by atoms with Crippen LogP contribution in [0.4, 0.5) is 5.82 Å². The van der Waals surface area contributed by atoms with Gasteiger partial charge < -0.3 is 37.7 Å². The summed E-state index contributed by atoms with van der Waals surface area (Å²) in [6.07, 6.45) is 0.0808. The highest BCUT2D eigenvalue weighted by Gasteiger charge is 2.54. The van der Waals surface area contributed by atoms with E-state index >= 15 is 0 Å². The molecule has 0 saturated carbocycles. The van der Waals surface area contributed by atoms with Crippen molar-refractivity contribution in [2.45, 2.75) is 109 Å². The van der Waals surface area contributed by atoms with E-state index in [9.17, 15) is 4.79 Å². The molecule has 14 nitrogen and oxygen atoms in total. The molecule has 0 aliphatic carbocycles. The Morgan fingerprint density at radius 3 is 1.85 bits per heavy atom. The van der Waals surface area contributed by atoms with Gasteiger partial charge in [-0.15, -0.1) is 0 Å². The molecule has 5 atom stereocenters. The maximum Gasteiger partial charge on any atom is 0.259 e. The smallest absolute Gasteiger partial charge is 0.259 e. The molecule has 1 saturated heterocycles. The van der Waals surface area contributed by atoms with Gasteiger partial charge in [-0.25, -0.2) is 19.6 Å². The second-order valence-electron chi connectivity index (χ2n) is 18.6. The van der Waals surface area contributed by atoms with Gasteiger partial charge in [-0.2, -0.15) is 0 Å². The number of amides is 1. The number of rotatable bonds is 19. The van der Waals surface area contributed by atoms with Crippen molar-refractivity contribution in [2.75, 3.05) is 33.3 Å². The second-order valence-corrected chi connectivity index (χ2v) is 24.9. The van der Waals surface area contributed by atoms with Gasteiger partial charge in [0.05, 0.1) is 27.2 Å². The Morgan fingerprint density at radius 2 is 1.33 bits per heavy atom. The van der Waals surface area contributed by atoms with Gasteiger partial charge >= 0.3 is 0 Å². The van der Waals surface area contributed by atoms with Crippen LogP contribution in [0.1, 0.15) is 81.7 Å². The normalized spacial score (nSPS) is 18.5. The zero-order valence-electron chi connectivity index (χ0n) is 40.7. The molecule has 1 aliphatic heterocycles. The number of hydrogen-bond donors (Lipinski definition) is 1. The molecule has 67 heavy (non-hydrogen) atoms. The molecule has 16 heteroatoms. The van der Waals surface area contributed by atoms with E-state index in [1.54, 1.807) is 39.8 Å². The Bertz CT molecular complexity index is 2490. The largest absolute Gasteiger partial charge is 0.497 e. The lowest BCUT2D eigenvalue weighted by atomic mass is 9.80. The number of aromatic nitrogens is 4. The third-order valence-corrected chi connectivity index (χ3v) is 19.2. The van der Waals surface area contributed by atoms with Gasteiger partial charge in [0.2, 0.25) is 0 Å². The Balaban J connectivity index is 1.39. The van der Waals surface area contributed by atoms with Crippen LogP contribution < -0.4 is 14.8 Å². The first-order valence-corrected chi connectivity index (χ1v) is 26.7. The van der Waals surface area contributed by atoms with Gasteiger partial charge in [-0.05, 0) is 98.9 Å². The molecule has 1 unspecified atom stereocenters. The van der Waals surface area contributed by atoms with E-state index in [1.807, 2.05) is 89.5 Å². The van der Waals surface area contributed by atoms with Crippen LogP contribution in [0.5, 0.6) is 11.5 Å². The Kier molecular flexibility index (Phi) is 15.6. The van der Waals surface area contributed by atoms with Gasteiger partial charge in [0.15, 0.2) is 31.5 Å². The lowest BCUT2D eigenvalue weighted by Gasteiger charge is -2.42. The van der Waals surface area contributed by atoms with Crippen LogP contribution in [0.25, 0.3) is 11.2 Å². The molecule has 7 rings (SSSR count). The number of hydrogen-bond acceptors (Lipinski definition) is 12. The molecule has 2 aromatic heterocycles. The van der Waals surface area contributed by atoms with E-state index < -0.39 is 47.0 Å². The summed E-state index contributed by atoms with van der Waals surface area (Å²) in [6.45, 7) is 19.7. The number of nitrogens with one attached hydrogen (secondary N) is 1. The van der Waals surface area contributed by atoms with E-state index in [-0.39, 0.29) is 35.5 Å². The molecule has 0 radical (unpaired) electrons. The predicted molar refractivity (Wildman–Crippen MR) is 265 cm³/mol. The minimum Gasteiger partial charge on any atom is -0.497 e. The Labute approximate surface area is 397 Å². The molecule has 1 aliphatic rings. The molecular formula is C51H65N6O8PSi. The summed E-state index contributed by atoms with van der Waals surface area (Å²) in [5, 5.41) is 2.76. The molecule has 0 spiro atoms. The summed E-state index contributed by atoms with van der Waals surface area (Å²) in [7, 11) is 0.740. The van der Waals surface area contributed by atoms with E-state index in [0.717, 1.165) is 16.7 Å². The highest BCUT2D eigenvalue weighted by molar-refractivity contribution is 7.44. The summed E-state index contributed by atoms with van der Waals surface area (Å²) in [4.78, 5) is 27.4. The summed E-state index contributed by atoms with van der Waals surface area (Å²) in [6, 6.07) is 35.2. The molecular weight excluding hydrogens is 884 g/mol. The fourth-order valence-corrected chi connectivity index (χ4v) is 11.2. The van der Waals surface area contributed by atoms with E-state index in [0.29, 0.717) is 28.2 Å². The van der Waals surface area contributed by atoms with E-state index in [4.69, 9.17) is 42.4 Å². The van der Waals surface area contributed by atoms with Crippen molar-refractivity contribution in [1.29, 1.82) is 0 Å². The number of carbonyl (C=O) groups excluding carboxylic acids is 1. The molecule has 3 heterocycles. The molecule has 356 valence electrons. The number of imidazole rings is 1. The van der Waals surface area contributed by atoms with Crippen LogP contribution in [-0.2, 0) is 28.5 Å². The summed E-state index contributed by atoms with van der Waals surface area (Å²) in [5.41, 5.74) is 2.82. The molecule has 1 fully saturated rings. The van der Waals surface area contributed by atoms with Crippen molar-refractivity contribution in [3.05, 3.63) is 144 Å². The number of carbonyl (C=O) groups is 1. The second kappa shape index (κ2) is 21.0. The quantitative estimate of drug-likeness (QED) is 0.0469. The van der Waals surface area contributed by atoms with Crippen molar-refractivity contribution < 1.29 is 37.2 Å². The predicted octanol–water partition coefficient (Wildman–Crippen LogP) is 10.8. The average molecular weight is 949 g/mol. The van der Waals surface area contributed by atoms with Gasteiger partial charge in [0.1, 0.15) is 41.7 Å². The van der Waals surface area contributed by atoms with Crippen LogP contribution in [0.15, 0.2) is 122 Å². The van der Waals surface area contributed by atoms with Gasteiger partial charge in [0.25, 0.3) is 14.4 Å². The number of benzene rings is 4. The Morgan fingerprint density at radius 1 is 0.776 bits per heavy atom. The van der Waals surface area contributed by atoms with Crippen molar-refractivity contribution in [3.63, 3.8) is 0 Å². The number of methoxy groups -OCH3 is 2. The average Bonchev–Trinajstić information content (AvgIpc) is 3.90.